The zero-order valence-electron chi connectivity index (χ0n) is 27.0. The highest BCUT2D eigenvalue weighted by Crippen LogP contribution is 2.46. The third kappa shape index (κ3) is 4.57. The zero-order valence-corrected chi connectivity index (χ0v) is 27.0. The van der Waals surface area contributed by atoms with Gasteiger partial charge >= 0.3 is 0 Å². The van der Waals surface area contributed by atoms with Crippen molar-refractivity contribution in [1.29, 1.82) is 0 Å². The predicted octanol–water partition coefficient (Wildman–Crippen LogP) is 10.2. The minimum absolute atomic E-state index is 0.172. The number of rotatable bonds is 5. The van der Waals surface area contributed by atoms with Gasteiger partial charge in [-0.25, -0.2) is 9.97 Å². The molecule has 6 nitrogen and oxygen atoms in total. The van der Waals surface area contributed by atoms with Crippen molar-refractivity contribution in [2.45, 2.75) is 12.0 Å². The maximum absolute atomic E-state index is 5.07. The Balaban J connectivity index is 0.936. The average Bonchev–Trinajstić information content (AvgIpc) is 3.71. The second-order valence-electron chi connectivity index (χ2n) is 12.7. The highest BCUT2D eigenvalue weighted by Gasteiger charge is 2.37. The van der Waals surface area contributed by atoms with E-state index in [9.17, 15) is 0 Å². The molecule has 0 saturated carbocycles. The van der Waals surface area contributed by atoms with E-state index in [0.29, 0.717) is 5.92 Å². The van der Waals surface area contributed by atoms with E-state index in [0.717, 1.165) is 61.7 Å². The standard InChI is InChI=1S/C44H30N6/c1-3-13-41-33(7-1)35-23-25-46-28-44(35)50(41)32-21-17-30(18-22-32)38-10-6-12-40(48-38)39-11-5-9-37(47-39)29-15-19-31(20-16-29)49-42-14-4-2-8-34(42)36-27-45-26-24-43(36)49/h1-28,35,44H. The molecule has 4 aromatic heterocycles. The smallest absolute Gasteiger partial charge is 0.0893 e. The van der Waals surface area contributed by atoms with Gasteiger partial charge in [-0.1, -0.05) is 78.9 Å². The van der Waals surface area contributed by atoms with Crippen molar-refractivity contribution in [1.82, 2.24) is 19.5 Å². The summed E-state index contributed by atoms with van der Waals surface area (Å²) in [5.74, 6) is 0.306. The van der Waals surface area contributed by atoms with Crippen LogP contribution in [-0.4, -0.2) is 31.8 Å². The van der Waals surface area contributed by atoms with Crippen molar-refractivity contribution in [3.05, 3.63) is 170 Å². The topological polar surface area (TPSA) is 59.2 Å². The first-order valence-corrected chi connectivity index (χ1v) is 16.9. The maximum Gasteiger partial charge on any atom is 0.0893 e. The molecule has 10 rings (SSSR count). The average molecular weight is 643 g/mol. The van der Waals surface area contributed by atoms with Gasteiger partial charge in [0.1, 0.15) is 0 Å². The van der Waals surface area contributed by atoms with Crippen LogP contribution in [0.1, 0.15) is 11.5 Å². The lowest BCUT2D eigenvalue weighted by molar-refractivity contribution is 0.787. The van der Waals surface area contributed by atoms with E-state index in [2.05, 4.69) is 159 Å². The molecule has 2 aliphatic rings. The van der Waals surface area contributed by atoms with Gasteiger partial charge in [0.05, 0.1) is 39.9 Å². The molecule has 50 heavy (non-hydrogen) atoms. The van der Waals surface area contributed by atoms with Crippen molar-refractivity contribution in [3.8, 4) is 39.6 Å². The molecule has 2 atom stereocenters. The second-order valence-corrected chi connectivity index (χ2v) is 12.7. The first kappa shape index (κ1) is 28.4. The predicted molar refractivity (Wildman–Crippen MR) is 203 cm³/mol. The third-order valence-corrected chi connectivity index (χ3v) is 9.94. The largest absolute Gasteiger partial charge is 0.332 e. The van der Waals surface area contributed by atoms with Gasteiger partial charge in [-0.3, -0.25) is 9.98 Å². The van der Waals surface area contributed by atoms with Crippen LogP contribution in [0.2, 0.25) is 0 Å². The number of hydrogen-bond donors (Lipinski definition) is 0. The maximum atomic E-state index is 5.07. The first-order chi connectivity index (χ1) is 24.8. The number of fused-ring (bicyclic) bond motifs is 6. The number of aliphatic imine (C=N–C) groups is 1. The molecule has 0 fully saturated rings. The van der Waals surface area contributed by atoms with Crippen LogP contribution < -0.4 is 4.90 Å². The Labute approximate surface area is 289 Å². The number of benzene rings is 4. The van der Waals surface area contributed by atoms with Gasteiger partial charge in [0.25, 0.3) is 0 Å². The van der Waals surface area contributed by atoms with E-state index in [1.165, 1.54) is 16.6 Å². The van der Waals surface area contributed by atoms with Crippen LogP contribution in [0.5, 0.6) is 0 Å². The summed E-state index contributed by atoms with van der Waals surface area (Å²) in [5.41, 5.74) is 12.7. The van der Waals surface area contributed by atoms with E-state index >= 15 is 0 Å². The van der Waals surface area contributed by atoms with Crippen LogP contribution in [0.15, 0.2) is 169 Å². The van der Waals surface area contributed by atoms with Crippen molar-refractivity contribution >= 4 is 39.4 Å². The molecule has 0 N–H and O–H groups in total. The summed E-state index contributed by atoms with van der Waals surface area (Å²) in [6, 6.07) is 49.0. The molecule has 2 aliphatic heterocycles. The molecule has 0 radical (unpaired) electrons. The lowest BCUT2D eigenvalue weighted by Crippen LogP contribution is -2.32. The Morgan fingerprint density at radius 2 is 1.16 bits per heavy atom. The number of para-hydroxylation sites is 2. The summed E-state index contributed by atoms with van der Waals surface area (Å²) >= 11 is 0. The van der Waals surface area contributed by atoms with Gasteiger partial charge in [0, 0.05) is 69.7 Å². The molecule has 0 bridgehead atoms. The summed E-state index contributed by atoms with van der Waals surface area (Å²) in [5, 5.41) is 2.34. The van der Waals surface area contributed by atoms with Crippen molar-refractivity contribution in [2.24, 2.45) is 4.99 Å². The lowest BCUT2D eigenvalue weighted by Gasteiger charge is -2.28. The summed E-state index contributed by atoms with van der Waals surface area (Å²) in [6.45, 7) is 0. The molecule has 6 heterocycles. The fraction of sp³-hybridized carbons (Fsp3) is 0.0455. The molecule has 236 valence electrons. The number of aromatic nitrogens is 4. The van der Waals surface area contributed by atoms with Crippen LogP contribution in [0.4, 0.5) is 11.4 Å². The van der Waals surface area contributed by atoms with Crippen LogP contribution >= 0.6 is 0 Å². The Morgan fingerprint density at radius 3 is 1.92 bits per heavy atom. The van der Waals surface area contributed by atoms with Gasteiger partial charge in [0.15, 0.2) is 0 Å². The monoisotopic (exact) mass is 642 g/mol. The van der Waals surface area contributed by atoms with Crippen LogP contribution in [0, 0.1) is 0 Å². The second kappa shape index (κ2) is 11.5. The molecule has 2 unspecified atom stereocenters. The molecule has 0 spiro atoms. The third-order valence-electron chi connectivity index (χ3n) is 9.94. The highest BCUT2D eigenvalue weighted by molar-refractivity contribution is 6.08. The highest BCUT2D eigenvalue weighted by atomic mass is 15.2. The Kier molecular flexibility index (Phi) is 6.52. The van der Waals surface area contributed by atoms with E-state index < -0.39 is 0 Å². The normalized spacial score (nSPS) is 16.2. The Bertz CT molecular complexity index is 2560. The summed E-state index contributed by atoms with van der Waals surface area (Å²) in [6.07, 6.45) is 9.98. The summed E-state index contributed by atoms with van der Waals surface area (Å²) in [4.78, 5) is 21.4. The van der Waals surface area contributed by atoms with Crippen molar-refractivity contribution in [3.63, 3.8) is 0 Å². The van der Waals surface area contributed by atoms with Gasteiger partial charge in [-0.15, -0.1) is 0 Å². The van der Waals surface area contributed by atoms with E-state index in [1.54, 1.807) is 0 Å². The summed E-state index contributed by atoms with van der Waals surface area (Å²) < 4.78 is 2.30. The first-order valence-electron chi connectivity index (χ1n) is 16.9. The molecular formula is C44H30N6. The van der Waals surface area contributed by atoms with E-state index in [4.69, 9.17) is 9.97 Å². The SMILES string of the molecule is C1=CC2c3ccccc3N(c3ccc(-c4cccc(-c5cccc(-c6ccc(-n7c8ccccc8c8cnccc87)cc6)n5)n4)cc3)C2C=N1. The molecule has 4 aromatic carbocycles. The lowest BCUT2D eigenvalue weighted by atomic mass is 9.94. The van der Waals surface area contributed by atoms with Gasteiger partial charge in [-0.2, -0.15) is 0 Å². The summed E-state index contributed by atoms with van der Waals surface area (Å²) in [7, 11) is 0. The van der Waals surface area contributed by atoms with Gasteiger partial charge in [0.2, 0.25) is 0 Å². The number of pyridine rings is 3. The fourth-order valence-corrected chi connectivity index (χ4v) is 7.61. The molecule has 8 aromatic rings. The van der Waals surface area contributed by atoms with E-state index in [-0.39, 0.29) is 6.04 Å². The number of anilines is 2. The van der Waals surface area contributed by atoms with Crippen LogP contribution in [0.25, 0.3) is 61.4 Å². The van der Waals surface area contributed by atoms with Crippen LogP contribution in [-0.2, 0) is 0 Å². The zero-order chi connectivity index (χ0) is 33.0. The molecule has 6 heteroatoms. The minimum atomic E-state index is 0.172. The van der Waals surface area contributed by atoms with Crippen molar-refractivity contribution < 1.29 is 0 Å². The van der Waals surface area contributed by atoms with Crippen LogP contribution in [0.3, 0.4) is 0 Å². The molecule has 0 amide bonds. The number of hydrogen-bond acceptors (Lipinski definition) is 5. The van der Waals surface area contributed by atoms with Crippen molar-refractivity contribution in [2.75, 3.05) is 4.90 Å². The van der Waals surface area contributed by atoms with Gasteiger partial charge in [-0.05, 0) is 72.3 Å². The van der Waals surface area contributed by atoms with Gasteiger partial charge < -0.3 is 9.47 Å². The Morgan fingerprint density at radius 1 is 0.520 bits per heavy atom. The van der Waals surface area contributed by atoms with E-state index in [1.807, 2.05) is 30.7 Å². The quantitative estimate of drug-likeness (QED) is 0.187. The molecule has 0 aliphatic carbocycles. The molecular weight excluding hydrogens is 613 g/mol. The number of nitrogens with zero attached hydrogens (tertiary/aromatic N) is 6. The minimum Gasteiger partial charge on any atom is -0.332 e. The Hall–Kier alpha value is -6.66. The molecule has 0 saturated heterocycles. The fourth-order valence-electron chi connectivity index (χ4n) is 7.61.